The number of carbonyl (C=O) groups excluding carboxylic acids is 1. The first-order valence-corrected chi connectivity index (χ1v) is 5.03. The van der Waals surface area contributed by atoms with Crippen molar-refractivity contribution in [1.82, 2.24) is 9.78 Å². The van der Waals surface area contributed by atoms with E-state index < -0.39 is 0 Å². The Balaban J connectivity index is 2.22. The number of nitrogens with zero attached hydrogens (tertiary/aromatic N) is 2. The van der Waals surface area contributed by atoms with E-state index in [1.165, 1.54) is 0 Å². The van der Waals surface area contributed by atoms with Gasteiger partial charge in [-0.3, -0.25) is 9.48 Å². The standard InChI is InChI=1S/C12H13N3O/c1-9-8-13-15(2)11(9)12(16)14-10-6-4-3-5-7-10/h3-8H,1-2H3,(H,14,16). The fourth-order valence-corrected chi connectivity index (χ4v) is 1.59. The van der Waals surface area contributed by atoms with Crippen molar-refractivity contribution < 1.29 is 4.79 Å². The fraction of sp³-hybridized carbons (Fsp3) is 0.167. The Labute approximate surface area is 93.9 Å². The SMILES string of the molecule is Cc1cnn(C)c1C(=O)Nc1ccccc1. The van der Waals surface area contributed by atoms with Gasteiger partial charge in [0.25, 0.3) is 5.91 Å². The Kier molecular flexibility index (Phi) is 2.72. The van der Waals surface area contributed by atoms with Crippen LogP contribution in [0.5, 0.6) is 0 Å². The van der Waals surface area contributed by atoms with Crippen molar-refractivity contribution in [2.24, 2.45) is 7.05 Å². The summed E-state index contributed by atoms with van der Waals surface area (Å²) in [6.07, 6.45) is 1.68. The van der Waals surface area contributed by atoms with Crippen LogP contribution in [0, 0.1) is 6.92 Å². The zero-order valence-electron chi connectivity index (χ0n) is 9.27. The van der Waals surface area contributed by atoms with Crippen LogP contribution in [0.15, 0.2) is 36.5 Å². The smallest absolute Gasteiger partial charge is 0.274 e. The molecule has 0 aliphatic heterocycles. The predicted octanol–water partition coefficient (Wildman–Crippen LogP) is 1.98. The predicted molar refractivity (Wildman–Crippen MR) is 62.3 cm³/mol. The summed E-state index contributed by atoms with van der Waals surface area (Å²) in [6.45, 7) is 1.87. The van der Waals surface area contributed by atoms with Crippen LogP contribution in [0.1, 0.15) is 16.1 Å². The number of carbonyl (C=O) groups is 1. The second-order valence-electron chi connectivity index (χ2n) is 3.62. The Bertz CT molecular complexity index is 483. The van der Waals surface area contributed by atoms with E-state index in [0.29, 0.717) is 5.69 Å². The first-order chi connectivity index (χ1) is 7.68. The van der Waals surface area contributed by atoms with Gasteiger partial charge in [-0.05, 0) is 24.6 Å². The average molecular weight is 215 g/mol. The maximum absolute atomic E-state index is 11.9. The highest BCUT2D eigenvalue weighted by molar-refractivity contribution is 6.03. The van der Waals surface area contributed by atoms with Gasteiger partial charge in [-0.25, -0.2) is 0 Å². The number of aromatic nitrogens is 2. The van der Waals surface area contributed by atoms with Crippen LogP contribution < -0.4 is 5.32 Å². The van der Waals surface area contributed by atoms with E-state index in [1.54, 1.807) is 17.9 Å². The highest BCUT2D eigenvalue weighted by atomic mass is 16.2. The largest absolute Gasteiger partial charge is 0.321 e. The van der Waals surface area contributed by atoms with Gasteiger partial charge in [-0.1, -0.05) is 18.2 Å². The second kappa shape index (κ2) is 4.18. The maximum atomic E-state index is 11.9. The number of hydrogen-bond donors (Lipinski definition) is 1. The van der Waals surface area contributed by atoms with E-state index in [1.807, 2.05) is 37.3 Å². The molecular formula is C12H13N3O. The monoisotopic (exact) mass is 215 g/mol. The number of hydrogen-bond acceptors (Lipinski definition) is 2. The van der Waals surface area contributed by atoms with Crippen LogP contribution in [0.3, 0.4) is 0 Å². The quantitative estimate of drug-likeness (QED) is 0.832. The number of anilines is 1. The summed E-state index contributed by atoms with van der Waals surface area (Å²) in [7, 11) is 1.76. The summed E-state index contributed by atoms with van der Waals surface area (Å²) in [5.74, 6) is -0.135. The molecular weight excluding hydrogens is 202 g/mol. The lowest BCUT2D eigenvalue weighted by Gasteiger charge is -2.05. The number of rotatable bonds is 2. The van der Waals surface area contributed by atoms with E-state index in [2.05, 4.69) is 10.4 Å². The second-order valence-corrected chi connectivity index (χ2v) is 3.62. The van der Waals surface area contributed by atoms with Crippen molar-refractivity contribution in [3.63, 3.8) is 0 Å². The van der Waals surface area contributed by atoms with Crippen molar-refractivity contribution in [2.45, 2.75) is 6.92 Å². The van der Waals surface area contributed by atoms with Gasteiger partial charge in [0.1, 0.15) is 5.69 Å². The highest BCUT2D eigenvalue weighted by Crippen LogP contribution is 2.10. The number of benzene rings is 1. The molecule has 4 nitrogen and oxygen atoms in total. The van der Waals surface area contributed by atoms with E-state index in [-0.39, 0.29) is 5.91 Å². The van der Waals surface area contributed by atoms with Gasteiger partial charge in [-0.15, -0.1) is 0 Å². The van der Waals surface area contributed by atoms with Crippen molar-refractivity contribution >= 4 is 11.6 Å². The first kappa shape index (κ1) is 10.4. The molecule has 1 amide bonds. The molecule has 82 valence electrons. The molecule has 1 aromatic heterocycles. The Morgan fingerprint density at radius 1 is 1.31 bits per heavy atom. The van der Waals surface area contributed by atoms with Gasteiger partial charge in [-0.2, -0.15) is 5.10 Å². The maximum Gasteiger partial charge on any atom is 0.274 e. The third-order valence-corrected chi connectivity index (χ3v) is 2.37. The minimum atomic E-state index is -0.135. The summed E-state index contributed by atoms with van der Waals surface area (Å²) < 4.78 is 1.58. The lowest BCUT2D eigenvalue weighted by atomic mass is 10.2. The van der Waals surface area contributed by atoms with Crippen LogP contribution >= 0.6 is 0 Å². The molecule has 1 aromatic carbocycles. The average Bonchev–Trinajstić information content (AvgIpc) is 2.60. The van der Waals surface area contributed by atoms with Gasteiger partial charge in [0.2, 0.25) is 0 Å². The minimum Gasteiger partial charge on any atom is -0.321 e. The van der Waals surface area contributed by atoms with Gasteiger partial charge in [0.15, 0.2) is 0 Å². The van der Waals surface area contributed by atoms with E-state index in [9.17, 15) is 4.79 Å². The van der Waals surface area contributed by atoms with E-state index in [0.717, 1.165) is 11.3 Å². The molecule has 2 rings (SSSR count). The molecule has 1 heterocycles. The van der Waals surface area contributed by atoms with Crippen molar-refractivity contribution in [3.8, 4) is 0 Å². The van der Waals surface area contributed by atoms with Gasteiger partial charge in [0, 0.05) is 12.7 Å². The number of amides is 1. The molecule has 0 aliphatic rings. The van der Waals surface area contributed by atoms with Crippen LogP contribution in [0.4, 0.5) is 5.69 Å². The molecule has 16 heavy (non-hydrogen) atoms. The number of para-hydroxylation sites is 1. The molecule has 0 saturated carbocycles. The van der Waals surface area contributed by atoms with Gasteiger partial charge >= 0.3 is 0 Å². The molecule has 0 atom stereocenters. The summed E-state index contributed by atoms with van der Waals surface area (Å²) in [5, 5.41) is 6.86. The Morgan fingerprint density at radius 3 is 2.56 bits per heavy atom. The molecule has 0 bridgehead atoms. The molecule has 0 spiro atoms. The Hall–Kier alpha value is -2.10. The molecule has 2 aromatic rings. The first-order valence-electron chi connectivity index (χ1n) is 5.03. The molecule has 0 aliphatic carbocycles. The molecule has 0 radical (unpaired) electrons. The number of nitrogens with one attached hydrogen (secondary N) is 1. The van der Waals surface area contributed by atoms with Crippen molar-refractivity contribution in [1.29, 1.82) is 0 Å². The van der Waals surface area contributed by atoms with Crippen LogP contribution in [0.25, 0.3) is 0 Å². The molecule has 0 fully saturated rings. The third kappa shape index (κ3) is 1.95. The summed E-state index contributed by atoms with van der Waals surface area (Å²) in [4.78, 5) is 11.9. The molecule has 0 unspecified atom stereocenters. The number of aryl methyl sites for hydroxylation is 2. The minimum absolute atomic E-state index is 0.135. The highest BCUT2D eigenvalue weighted by Gasteiger charge is 2.13. The molecule has 0 saturated heterocycles. The fourth-order valence-electron chi connectivity index (χ4n) is 1.59. The normalized spacial score (nSPS) is 10.1. The van der Waals surface area contributed by atoms with Crippen LogP contribution in [-0.2, 0) is 7.05 Å². The lowest BCUT2D eigenvalue weighted by Crippen LogP contribution is -2.17. The van der Waals surface area contributed by atoms with Crippen molar-refractivity contribution in [2.75, 3.05) is 5.32 Å². The lowest BCUT2D eigenvalue weighted by molar-refractivity contribution is 0.101. The topological polar surface area (TPSA) is 46.9 Å². The van der Waals surface area contributed by atoms with E-state index in [4.69, 9.17) is 0 Å². The summed E-state index contributed by atoms with van der Waals surface area (Å²) in [5.41, 5.74) is 2.24. The van der Waals surface area contributed by atoms with Crippen LogP contribution in [0.2, 0.25) is 0 Å². The summed E-state index contributed by atoms with van der Waals surface area (Å²) >= 11 is 0. The molecule has 4 heteroatoms. The molecule has 1 N–H and O–H groups in total. The van der Waals surface area contributed by atoms with E-state index >= 15 is 0 Å². The van der Waals surface area contributed by atoms with Gasteiger partial charge < -0.3 is 5.32 Å². The van der Waals surface area contributed by atoms with Gasteiger partial charge in [0.05, 0.1) is 6.20 Å². The van der Waals surface area contributed by atoms with Crippen LogP contribution in [-0.4, -0.2) is 15.7 Å². The summed E-state index contributed by atoms with van der Waals surface area (Å²) in [6, 6.07) is 9.37. The zero-order chi connectivity index (χ0) is 11.5. The van der Waals surface area contributed by atoms with Crippen molar-refractivity contribution in [3.05, 3.63) is 47.8 Å². The zero-order valence-corrected chi connectivity index (χ0v) is 9.27. The Morgan fingerprint density at radius 2 is 2.00 bits per heavy atom. The third-order valence-electron chi connectivity index (χ3n) is 2.37.